The van der Waals surface area contributed by atoms with E-state index >= 15 is 0 Å². The van der Waals surface area contributed by atoms with Gasteiger partial charge in [0.25, 0.3) is 0 Å². The van der Waals surface area contributed by atoms with Gasteiger partial charge < -0.3 is 28.4 Å². The molecule has 0 bridgehead atoms. The topological polar surface area (TPSA) is 55.4 Å². The number of allylic oxidation sites excluding steroid dienone is 1. The second-order valence-corrected chi connectivity index (χ2v) is 6.51. The molecule has 0 N–H and O–H groups in total. The Bertz CT molecular complexity index is 418. The Hall–Kier alpha value is -0.660. The highest BCUT2D eigenvalue weighted by Gasteiger charge is 2.59. The zero-order valence-electron chi connectivity index (χ0n) is 13.2. The van der Waals surface area contributed by atoms with Crippen molar-refractivity contribution in [2.75, 3.05) is 6.61 Å². The van der Waals surface area contributed by atoms with Gasteiger partial charge in [-0.2, -0.15) is 0 Å². The lowest BCUT2D eigenvalue weighted by Crippen LogP contribution is -2.43. The van der Waals surface area contributed by atoms with Gasteiger partial charge in [-0.25, -0.2) is 0 Å². The van der Waals surface area contributed by atoms with Crippen molar-refractivity contribution >= 4 is 0 Å². The van der Waals surface area contributed by atoms with Crippen LogP contribution in [-0.2, 0) is 28.4 Å². The maximum atomic E-state index is 6.00. The predicted molar refractivity (Wildman–Crippen MR) is 73.3 cm³/mol. The van der Waals surface area contributed by atoms with Gasteiger partial charge in [-0.05, 0) is 34.6 Å². The van der Waals surface area contributed by atoms with Crippen LogP contribution in [0.2, 0.25) is 0 Å². The summed E-state index contributed by atoms with van der Waals surface area (Å²) in [6.07, 6.45) is 2.02. The molecule has 0 aliphatic carbocycles. The molecule has 3 rings (SSSR count). The average Bonchev–Trinajstić information content (AvgIpc) is 2.96. The van der Waals surface area contributed by atoms with Gasteiger partial charge in [0.15, 0.2) is 30.1 Å². The Morgan fingerprint density at radius 2 is 1.76 bits per heavy atom. The zero-order chi connectivity index (χ0) is 15.3. The molecule has 21 heavy (non-hydrogen) atoms. The van der Waals surface area contributed by atoms with Gasteiger partial charge in [-0.15, -0.1) is 0 Å². The summed E-state index contributed by atoms with van der Waals surface area (Å²) in [6, 6.07) is 0. The van der Waals surface area contributed by atoms with Gasteiger partial charge in [0, 0.05) is 0 Å². The van der Waals surface area contributed by atoms with E-state index in [0.717, 1.165) is 0 Å². The highest BCUT2D eigenvalue weighted by Crippen LogP contribution is 2.41. The summed E-state index contributed by atoms with van der Waals surface area (Å²) in [5.74, 6) is -1.26. The van der Waals surface area contributed by atoms with E-state index in [9.17, 15) is 0 Å². The Labute approximate surface area is 125 Å². The highest BCUT2D eigenvalue weighted by molar-refractivity contribution is 4.99. The van der Waals surface area contributed by atoms with Gasteiger partial charge in [0.05, 0.1) is 12.9 Å². The molecule has 5 atom stereocenters. The molecule has 3 aliphatic rings. The molecule has 0 amide bonds. The second kappa shape index (κ2) is 5.21. The minimum absolute atomic E-state index is 0.198. The smallest absolute Gasteiger partial charge is 0.191 e. The zero-order valence-corrected chi connectivity index (χ0v) is 13.2. The number of rotatable bonds is 3. The molecule has 0 aromatic rings. The van der Waals surface area contributed by atoms with Crippen LogP contribution in [0.25, 0.3) is 0 Å². The van der Waals surface area contributed by atoms with Crippen LogP contribution in [0.4, 0.5) is 0 Å². The van der Waals surface area contributed by atoms with E-state index < -0.39 is 17.9 Å². The average molecular weight is 300 g/mol. The fraction of sp³-hybridized carbons (Fsp3) is 0.867. The maximum Gasteiger partial charge on any atom is 0.191 e. The first-order chi connectivity index (χ1) is 9.81. The van der Waals surface area contributed by atoms with Crippen molar-refractivity contribution in [3.63, 3.8) is 0 Å². The van der Waals surface area contributed by atoms with Crippen molar-refractivity contribution in [2.45, 2.75) is 76.9 Å². The molecule has 3 fully saturated rings. The van der Waals surface area contributed by atoms with Crippen molar-refractivity contribution in [3.8, 4) is 0 Å². The van der Waals surface area contributed by atoms with Gasteiger partial charge in [0.1, 0.15) is 12.2 Å². The molecule has 3 aliphatic heterocycles. The molecule has 0 aromatic heterocycles. The van der Waals surface area contributed by atoms with E-state index in [0.29, 0.717) is 6.61 Å². The standard InChI is InChI=1S/C15H24O6/c1-6-7-16-11-10(9-8-17-14(2,3)19-9)18-13-12(11)20-15(4,5)21-13/h6-7,9-13H,8H2,1-5H3/b7-6-/t9-,10-,11+,12-,13-/m1/s1. The largest absolute Gasteiger partial charge is 0.493 e. The Kier molecular flexibility index (Phi) is 3.78. The molecule has 0 unspecified atom stereocenters. The van der Waals surface area contributed by atoms with Crippen LogP contribution in [0.15, 0.2) is 12.3 Å². The van der Waals surface area contributed by atoms with Crippen LogP contribution in [0.5, 0.6) is 0 Å². The van der Waals surface area contributed by atoms with Crippen molar-refractivity contribution in [3.05, 3.63) is 12.3 Å². The fourth-order valence-corrected chi connectivity index (χ4v) is 3.00. The molecule has 6 nitrogen and oxygen atoms in total. The number of ether oxygens (including phenoxy) is 6. The van der Waals surface area contributed by atoms with E-state index in [1.165, 1.54) is 0 Å². The monoisotopic (exact) mass is 300 g/mol. The van der Waals surface area contributed by atoms with E-state index in [4.69, 9.17) is 28.4 Å². The lowest BCUT2D eigenvalue weighted by atomic mass is 10.1. The van der Waals surface area contributed by atoms with Crippen molar-refractivity contribution in [1.29, 1.82) is 0 Å². The Morgan fingerprint density at radius 1 is 1.00 bits per heavy atom. The lowest BCUT2D eigenvalue weighted by Gasteiger charge is -2.28. The Balaban J connectivity index is 1.75. The molecular weight excluding hydrogens is 276 g/mol. The summed E-state index contributed by atoms with van der Waals surface area (Å²) < 4.78 is 35.0. The molecule has 0 spiro atoms. The highest BCUT2D eigenvalue weighted by atomic mass is 16.8. The van der Waals surface area contributed by atoms with Gasteiger partial charge in [0.2, 0.25) is 0 Å². The molecule has 120 valence electrons. The van der Waals surface area contributed by atoms with Crippen molar-refractivity contribution in [2.24, 2.45) is 0 Å². The molecule has 0 radical (unpaired) electrons. The van der Waals surface area contributed by atoms with Crippen LogP contribution in [-0.4, -0.2) is 48.9 Å². The lowest BCUT2D eigenvalue weighted by molar-refractivity contribution is -0.232. The second-order valence-electron chi connectivity index (χ2n) is 6.51. The molecular formula is C15H24O6. The number of hydrogen-bond acceptors (Lipinski definition) is 6. The first kappa shape index (κ1) is 15.2. The van der Waals surface area contributed by atoms with Crippen LogP contribution < -0.4 is 0 Å². The summed E-state index contributed by atoms with van der Waals surface area (Å²) in [5.41, 5.74) is 0. The minimum atomic E-state index is -0.663. The fourth-order valence-electron chi connectivity index (χ4n) is 3.00. The van der Waals surface area contributed by atoms with Crippen LogP contribution in [0, 0.1) is 0 Å². The third-order valence-electron chi connectivity index (χ3n) is 3.80. The first-order valence-corrected chi connectivity index (χ1v) is 7.41. The van der Waals surface area contributed by atoms with Crippen LogP contribution >= 0.6 is 0 Å². The first-order valence-electron chi connectivity index (χ1n) is 7.41. The summed E-state index contributed by atoms with van der Waals surface area (Å²) in [7, 11) is 0. The van der Waals surface area contributed by atoms with Gasteiger partial charge >= 0.3 is 0 Å². The quantitative estimate of drug-likeness (QED) is 0.742. The maximum absolute atomic E-state index is 6.00. The van der Waals surface area contributed by atoms with E-state index in [2.05, 4.69) is 0 Å². The van der Waals surface area contributed by atoms with Crippen molar-refractivity contribution in [1.82, 2.24) is 0 Å². The van der Waals surface area contributed by atoms with Gasteiger partial charge in [-0.1, -0.05) is 6.08 Å². The summed E-state index contributed by atoms with van der Waals surface area (Å²) in [5, 5.41) is 0. The molecule has 6 heteroatoms. The summed E-state index contributed by atoms with van der Waals surface area (Å²) in [4.78, 5) is 0. The van der Waals surface area contributed by atoms with Crippen LogP contribution in [0.1, 0.15) is 34.6 Å². The normalized spacial score (nSPS) is 44.3. The molecule has 0 saturated carbocycles. The number of hydrogen-bond donors (Lipinski definition) is 0. The molecule has 0 aromatic carbocycles. The SMILES string of the molecule is C/C=C\O[C@@H]1[C@H]2OC(C)(C)O[C@H]2O[C@@H]1[C@H]1COC(C)(C)O1. The third kappa shape index (κ3) is 2.96. The Morgan fingerprint density at radius 3 is 2.38 bits per heavy atom. The molecule has 3 saturated heterocycles. The molecule has 3 heterocycles. The van der Waals surface area contributed by atoms with E-state index in [1.807, 2.05) is 40.7 Å². The summed E-state index contributed by atoms with van der Waals surface area (Å²) in [6.45, 7) is 9.89. The van der Waals surface area contributed by atoms with E-state index in [-0.39, 0.29) is 24.4 Å². The van der Waals surface area contributed by atoms with Crippen LogP contribution in [0.3, 0.4) is 0 Å². The number of fused-ring (bicyclic) bond motifs is 1. The minimum Gasteiger partial charge on any atom is -0.493 e. The van der Waals surface area contributed by atoms with Gasteiger partial charge in [-0.3, -0.25) is 0 Å². The summed E-state index contributed by atoms with van der Waals surface area (Å²) >= 11 is 0. The van der Waals surface area contributed by atoms with E-state index in [1.54, 1.807) is 6.26 Å². The third-order valence-corrected chi connectivity index (χ3v) is 3.80. The predicted octanol–water partition coefficient (Wildman–Crippen LogP) is 1.93. The van der Waals surface area contributed by atoms with Crippen molar-refractivity contribution < 1.29 is 28.4 Å².